The fraction of sp³-hybridized carbons (Fsp3) is 0. The molecule has 0 aliphatic carbocycles. The van der Waals surface area contributed by atoms with Crippen molar-refractivity contribution in [3.63, 3.8) is 0 Å². The Hall–Kier alpha value is -5.91. The van der Waals surface area contributed by atoms with Crippen LogP contribution in [-0.4, -0.2) is 28.7 Å². The fourth-order valence-corrected chi connectivity index (χ4v) is 6.60. The quantitative estimate of drug-likeness (QED) is 0.131. The Morgan fingerprint density at radius 3 is 2.04 bits per heavy atom. The number of imidazole rings is 2. The summed E-state index contributed by atoms with van der Waals surface area (Å²) in [7, 11) is 0. The number of fused-ring (bicyclic) bond motifs is 12. The van der Waals surface area contributed by atoms with Gasteiger partial charge in [0, 0.05) is 41.8 Å². The number of aromatic nitrogens is 6. The summed E-state index contributed by atoms with van der Waals surface area (Å²) in [5.41, 5.74) is 8.23. The van der Waals surface area contributed by atoms with Crippen LogP contribution < -0.4 is 4.74 Å². The number of benzene rings is 4. The van der Waals surface area contributed by atoms with Crippen LogP contribution in [0.25, 0.3) is 77.4 Å². The predicted molar refractivity (Wildman–Crippen MR) is 185 cm³/mol. The van der Waals surface area contributed by atoms with Crippen LogP contribution in [-0.2, 0) is 21.1 Å². The maximum Gasteiger partial charge on any atom is 2.00 e. The summed E-state index contributed by atoms with van der Waals surface area (Å²) in [6, 6.07) is 43.5. The minimum Gasteiger partial charge on any atom is -0.497 e. The SMILES string of the molecule is [Pt+2].[c-]1c(Oc2[c-]c3c(cc2)c2ncccc2n2c(-c4ccccc4)cnc32)ccc2c1c1nc(-c3ccccc3)cn1c1ncccc21. The number of nitrogens with zero attached hydrogens (tertiary/aromatic N) is 6. The Labute approximate surface area is 288 Å². The Morgan fingerprint density at radius 1 is 0.562 bits per heavy atom. The molecule has 0 unspecified atom stereocenters. The molecule has 7 nitrogen and oxygen atoms in total. The van der Waals surface area contributed by atoms with Crippen molar-refractivity contribution in [1.29, 1.82) is 0 Å². The number of hydrogen-bond acceptors (Lipinski definition) is 5. The first kappa shape index (κ1) is 28.3. The van der Waals surface area contributed by atoms with Gasteiger partial charge in [-0.25, -0.2) is 4.98 Å². The third kappa shape index (κ3) is 4.32. The van der Waals surface area contributed by atoms with E-state index in [9.17, 15) is 0 Å². The normalized spacial score (nSPS) is 11.6. The van der Waals surface area contributed by atoms with E-state index in [1.165, 1.54) is 0 Å². The monoisotopic (exact) mass is 797 g/mol. The third-order valence-electron chi connectivity index (χ3n) is 8.70. The summed E-state index contributed by atoms with van der Waals surface area (Å²) >= 11 is 0. The summed E-state index contributed by atoms with van der Waals surface area (Å²) < 4.78 is 10.7. The second-order valence-electron chi connectivity index (χ2n) is 11.4. The standard InChI is InChI=1S/C40H22N6O.Pt/c1-3-9-25(10-4-1)34-24-45-38-31(13-7-20-42-38)29-17-15-27(21-32(29)40(45)44-34)47-28-16-18-30-33(22-28)39-43-23-36(26-11-5-2-6-12-26)46(39)35-14-8-19-41-37(30)35;/h1-20,23-24H;/q-2;+2. The summed E-state index contributed by atoms with van der Waals surface area (Å²) in [6.07, 6.45) is 7.58. The molecule has 6 aromatic heterocycles. The Bertz CT molecular complexity index is 2780. The van der Waals surface area contributed by atoms with Gasteiger partial charge >= 0.3 is 21.1 Å². The Balaban J connectivity index is 0.00000314. The van der Waals surface area contributed by atoms with Gasteiger partial charge in [0.1, 0.15) is 5.65 Å². The molecule has 6 heterocycles. The molecule has 0 aliphatic rings. The second-order valence-corrected chi connectivity index (χ2v) is 11.4. The topological polar surface area (TPSA) is 69.6 Å². The third-order valence-corrected chi connectivity index (χ3v) is 8.70. The summed E-state index contributed by atoms with van der Waals surface area (Å²) in [5, 5.41) is 4.66. The minimum absolute atomic E-state index is 0. The van der Waals surface area contributed by atoms with Crippen LogP contribution in [0.2, 0.25) is 0 Å². The van der Waals surface area contributed by atoms with E-state index in [0.717, 1.165) is 77.4 Å². The zero-order valence-electron chi connectivity index (χ0n) is 25.1. The molecule has 0 radical (unpaired) electrons. The van der Waals surface area contributed by atoms with Crippen molar-refractivity contribution in [2.24, 2.45) is 0 Å². The molecule has 48 heavy (non-hydrogen) atoms. The van der Waals surface area contributed by atoms with Crippen LogP contribution in [0.5, 0.6) is 11.5 Å². The zero-order valence-corrected chi connectivity index (χ0v) is 27.4. The van der Waals surface area contributed by atoms with Gasteiger partial charge in [-0.05, 0) is 29.1 Å². The van der Waals surface area contributed by atoms with Crippen molar-refractivity contribution in [3.8, 4) is 34.0 Å². The molecule has 0 saturated heterocycles. The molecule has 0 fully saturated rings. The van der Waals surface area contributed by atoms with Crippen LogP contribution in [0.15, 0.2) is 134 Å². The zero-order chi connectivity index (χ0) is 30.9. The molecule has 0 aliphatic heterocycles. The predicted octanol–water partition coefficient (Wildman–Crippen LogP) is 9.11. The molecular weight excluding hydrogens is 776 g/mol. The molecule has 0 saturated carbocycles. The van der Waals surface area contributed by atoms with Gasteiger partial charge in [-0.2, -0.15) is 0 Å². The van der Waals surface area contributed by atoms with E-state index in [4.69, 9.17) is 24.7 Å². The van der Waals surface area contributed by atoms with Gasteiger partial charge in [-0.1, -0.05) is 113 Å². The van der Waals surface area contributed by atoms with Crippen LogP contribution >= 0.6 is 0 Å². The van der Waals surface area contributed by atoms with E-state index in [1.807, 2.05) is 95.9 Å². The van der Waals surface area contributed by atoms with E-state index >= 15 is 0 Å². The van der Waals surface area contributed by atoms with Gasteiger partial charge in [-0.3, -0.25) is 15.0 Å². The average Bonchev–Trinajstić information content (AvgIpc) is 3.79. The van der Waals surface area contributed by atoms with E-state index in [0.29, 0.717) is 11.5 Å². The van der Waals surface area contributed by atoms with Crippen molar-refractivity contribution in [1.82, 2.24) is 28.7 Å². The van der Waals surface area contributed by atoms with Gasteiger partial charge in [0.05, 0.1) is 33.7 Å². The summed E-state index contributed by atoms with van der Waals surface area (Å²) in [6.45, 7) is 0. The first-order valence-corrected chi connectivity index (χ1v) is 15.3. The number of hydrogen-bond donors (Lipinski definition) is 0. The average molecular weight is 798 g/mol. The number of ether oxygens (including phenoxy) is 1. The largest absolute Gasteiger partial charge is 2.00 e. The molecular formula is C40H22N6OPt. The van der Waals surface area contributed by atoms with Crippen molar-refractivity contribution < 1.29 is 25.8 Å². The van der Waals surface area contributed by atoms with Gasteiger partial charge in [0.25, 0.3) is 0 Å². The van der Waals surface area contributed by atoms with Crippen LogP contribution in [0.3, 0.4) is 0 Å². The summed E-state index contributed by atoms with van der Waals surface area (Å²) in [5.74, 6) is 1.12. The first-order chi connectivity index (χ1) is 23.3. The van der Waals surface area contributed by atoms with E-state index in [-0.39, 0.29) is 21.1 Å². The molecule has 0 bridgehead atoms. The molecule has 10 rings (SSSR count). The van der Waals surface area contributed by atoms with Crippen LogP contribution in [0, 0.1) is 12.1 Å². The number of rotatable bonds is 4. The molecule has 10 aromatic rings. The van der Waals surface area contributed by atoms with Crippen molar-refractivity contribution >= 4 is 54.9 Å². The molecule has 0 amide bonds. The van der Waals surface area contributed by atoms with Gasteiger partial charge in [0.2, 0.25) is 0 Å². The Kier molecular flexibility index (Phi) is 6.56. The summed E-state index contributed by atoms with van der Waals surface area (Å²) in [4.78, 5) is 19.4. The van der Waals surface area contributed by atoms with E-state index in [2.05, 4.69) is 59.0 Å². The van der Waals surface area contributed by atoms with Crippen LogP contribution in [0.4, 0.5) is 0 Å². The smallest absolute Gasteiger partial charge is 0.497 e. The maximum absolute atomic E-state index is 6.48. The maximum atomic E-state index is 6.48. The fourth-order valence-electron chi connectivity index (χ4n) is 6.60. The molecule has 8 heteroatoms. The molecule has 4 aromatic carbocycles. The first-order valence-electron chi connectivity index (χ1n) is 15.3. The molecule has 0 spiro atoms. The molecule has 0 N–H and O–H groups in total. The number of pyridine rings is 4. The van der Waals surface area contributed by atoms with Gasteiger partial charge < -0.3 is 13.5 Å². The van der Waals surface area contributed by atoms with Crippen LogP contribution in [0.1, 0.15) is 0 Å². The molecule has 0 atom stereocenters. The minimum atomic E-state index is 0. The van der Waals surface area contributed by atoms with Crippen molar-refractivity contribution in [2.75, 3.05) is 0 Å². The van der Waals surface area contributed by atoms with Gasteiger partial charge in [0.15, 0.2) is 0 Å². The van der Waals surface area contributed by atoms with Gasteiger partial charge in [-0.15, -0.1) is 12.1 Å². The van der Waals surface area contributed by atoms with E-state index < -0.39 is 0 Å². The van der Waals surface area contributed by atoms with E-state index in [1.54, 1.807) is 0 Å². The molecule has 228 valence electrons. The second kappa shape index (κ2) is 11.1. The Morgan fingerprint density at radius 2 is 1.25 bits per heavy atom. The van der Waals surface area contributed by atoms with Crippen molar-refractivity contribution in [2.45, 2.75) is 0 Å². The van der Waals surface area contributed by atoms with Crippen molar-refractivity contribution in [3.05, 3.63) is 146 Å².